The molecule has 18 heavy (non-hydrogen) atoms. The summed E-state index contributed by atoms with van der Waals surface area (Å²) in [4.78, 5) is 2.08. The summed E-state index contributed by atoms with van der Waals surface area (Å²) in [7, 11) is 4.06. The van der Waals surface area contributed by atoms with Crippen molar-refractivity contribution < 1.29 is 0 Å². The Hall–Kier alpha value is -2.27. The molecule has 0 radical (unpaired) electrons. The standard InChI is InChI=1S/C16H16N2/c1-18(2)16-8-6-14(7-9-16)15-5-3-4-13(12-15)10-11-17/h3-9,12H,10H2,1-2H3. The minimum Gasteiger partial charge on any atom is -0.378 e. The number of hydrogen-bond donors (Lipinski definition) is 0. The largest absolute Gasteiger partial charge is 0.378 e. The van der Waals surface area contributed by atoms with Gasteiger partial charge in [-0.15, -0.1) is 0 Å². The van der Waals surface area contributed by atoms with Crippen LogP contribution >= 0.6 is 0 Å². The van der Waals surface area contributed by atoms with Gasteiger partial charge in [-0.25, -0.2) is 0 Å². The molecule has 90 valence electrons. The van der Waals surface area contributed by atoms with Crippen molar-refractivity contribution in [2.45, 2.75) is 6.42 Å². The van der Waals surface area contributed by atoms with Crippen LogP contribution in [0.15, 0.2) is 48.5 Å². The van der Waals surface area contributed by atoms with Crippen LogP contribution in [0.5, 0.6) is 0 Å². The first-order valence-electron chi connectivity index (χ1n) is 5.94. The second-order valence-electron chi connectivity index (χ2n) is 4.48. The molecule has 0 aliphatic heterocycles. The van der Waals surface area contributed by atoms with Crippen LogP contribution in [0.1, 0.15) is 5.56 Å². The fraction of sp³-hybridized carbons (Fsp3) is 0.188. The maximum atomic E-state index is 8.72. The lowest BCUT2D eigenvalue weighted by molar-refractivity contribution is 1.13. The van der Waals surface area contributed by atoms with Crippen LogP contribution in [0.3, 0.4) is 0 Å². The number of benzene rings is 2. The smallest absolute Gasteiger partial charge is 0.0669 e. The molecule has 2 aromatic rings. The van der Waals surface area contributed by atoms with Crippen LogP contribution in [0.4, 0.5) is 5.69 Å². The average molecular weight is 236 g/mol. The number of anilines is 1. The zero-order chi connectivity index (χ0) is 13.0. The first kappa shape index (κ1) is 12.2. The molecule has 0 amide bonds. The number of hydrogen-bond acceptors (Lipinski definition) is 2. The van der Waals surface area contributed by atoms with Crippen LogP contribution < -0.4 is 4.90 Å². The van der Waals surface area contributed by atoms with Gasteiger partial charge in [0.25, 0.3) is 0 Å². The minimum absolute atomic E-state index is 0.462. The van der Waals surface area contributed by atoms with Crippen molar-refractivity contribution in [3.63, 3.8) is 0 Å². The van der Waals surface area contributed by atoms with Gasteiger partial charge in [0.1, 0.15) is 0 Å². The lowest BCUT2D eigenvalue weighted by Gasteiger charge is -2.12. The number of nitriles is 1. The van der Waals surface area contributed by atoms with E-state index in [1.54, 1.807) is 0 Å². The Morgan fingerprint density at radius 1 is 1.00 bits per heavy atom. The fourth-order valence-corrected chi connectivity index (χ4v) is 1.90. The number of nitrogens with zero attached hydrogens (tertiary/aromatic N) is 2. The van der Waals surface area contributed by atoms with Gasteiger partial charge < -0.3 is 4.90 Å². The van der Waals surface area contributed by atoms with Gasteiger partial charge in [0, 0.05) is 19.8 Å². The lowest BCUT2D eigenvalue weighted by atomic mass is 10.0. The number of rotatable bonds is 3. The third-order valence-electron chi connectivity index (χ3n) is 2.93. The Labute approximate surface area is 108 Å². The van der Waals surface area contributed by atoms with Gasteiger partial charge in [-0.3, -0.25) is 0 Å². The minimum atomic E-state index is 0.462. The van der Waals surface area contributed by atoms with E-state index in [0.717, 1.165) is 11.1 Å². The van der Waals surface area contributed by atoms with E-state index in [1.165, 1.54) is 11.3 Å². The Morgan fingerprint density at radius 3 is 2.33 bits per heavy atom. The highest BCUT2D eigenvalue weighted by Gasteiger charge is 2.00. The van der Waals surface area contributed by atoms with Crippen LogP contribution in [0.2, 0.25) is 0 Å². The Morgan fingerprint density at radius 2 is 1.72 bits per heavy atom. The molecule has 2 rings (SSSR count). The van der Waals surface area contributed by atoms with Crippen molar-refractivity contribution in [2.24, 2.45) is 0 Å². The maximum Gasteiger partial charge on any atom is 0.0669 e. The maximum absolute atomic E-state index is 8.72. The predicted molar refractivity (Wildman–Crippen MR) is 75.5 cm³/mol. The van der Waals surface area contributed by atoms with Gasteiger partial charge in [-0.1, -0.05) is 36.4 Å². The molecule has 0 saturated heterocycles. The summed E-state index contributed by atoms with van der Waals surface area (Å²) in [6.45, 7) is 0. The van der Waals surface area contributed by atoms with E-state index in [-0.39, 0.29) is 0 Å². The van der Waals surface area contributed by atoms with E-state index < -0.39 is 0 Å². The Balaban J connectivity index is 2.31. The molecule has 0 heterocycles. The zero-order valence-electron chi connectivity index (χ0n) is 10.7. The van der Waals surface area contributed by atoms with E-state index in [4.69, 9.17) is 5.26 Å². The lowest BCUT2D eigenvalue weighted by Crippen LogP contribution is -2.07. The zero-order valence-corrected chi connectivity index (χ0v) is 10.7. The van der Waals surface area contributed by atoms with E-state index in [2.05, 4.69) is 47.4 Å². The molecule has 2 heteroatoms. The highest BCUT2D eigenvalue weighted by atomic mass is 15.1. The SMILES string of the molecule is CN(C)c1ccc(-c2cccc(CC#N)c2)cc1. The van der Waals surface area contributed by atoms with Gasteiger partial charge in [0.05, 0.1) is 12.5 Å². The average Bonchev–Trinajstić information content (AvgIpc) is 2.39. The first-order valence-corrected chi connectivity index (χ1v) is 5.94. The van der Waals surface area contributed by atoms with Crippen LogP contribution in [-0.2, 0) is 6.42 Å². The monoisotopic (exact) mass is 236 g/mol. The molecule has 0 saturated carbocycles. The molecular weight excluding hydrogens is 220 g/mol. The summed E-state index contributed by atoms with van der Waals surface area (Å²) < 4.78 is 0. The van der Waals surface area contributed by atoms with Gasteiger partial charge in [-0.05, 0) is 28.8 Å². The predicted octanol–water partition coefficient (Wildman–Crippen LogP) is 3.49. The summed E-state index contributed by atoms with van der Waals surface area (Å²) >= 11 is 0. The van der Waals surface area contributed by atoms with Gasteiger partial charge >= 0.3 is 0 Å². The van der Waals surface area contributed by atoms with Crippen molar-refractivity contribution in [3.05, 3.63) is 54.1 Å². The second kappa shape index (κ2) is 5.37. The fourth-order valence-electron chi connectivity index (χ4n) is 1.90. The van der Waals surface area contributed by atoms with Crippen LogP contribution in [0.25, 0.3) is 11.1 Å². The van der Waals surface area contributed by atoms with Gasteiger partial charge in [-0.2, -0.15) is 5.26 Å². The molecule has 0 N–H and O–H groups in total. The highest BCUT2D eigenvalue weighted by molar-refractivity contribution is 5.66. The third kappa shape index (κ3) is 2.70. The van der Waals surface area contributed by atoms with E-state index in [9.17, 15) is 0 Å². The van der Waals surface area contributed by atoms with Crippen molar-refractivity contribution >= 4 is 5.69 Å². The van der Waals surface area contributed by atoms with E-state index >= 15 is 0 Å². The second-order valence-corrected chi connectivity index (χ2v) is 4.48. The van der Waals surface area contributed by atoms with Gasteiger partial charge in [0.2, 0.25) is 0 Å². The molecule has 0 spiro atoms. The molecule has 0 bridgehead atoms. The topological polar surface area (TPSA) is 27.0 Å². The summed E-state index contributed by atoms with van der Waals surface area (Å²) in [6, 6.07) is 18.8. The van der Waals surface area contributed by atoms with E-state index in [0.29, 0.717) is 6.42 Å². The summed E-state index contributed by atoms with van der Waals surface area (Å²) in [6.07, 6.45) is 0.462. The summed E-state index contributed by atoms with van der Waals surface area (Å²) in [5.41, 5.74) is 4.59. The third-order valence-corrected chi connectivity index (χ3v) is 2.93. The quantitative estimate of drug-likeness (QED) is 0.815. The van der Waals surface area contributed by atoms with Crippen LogP contribution in [-0.4, -0.2) is 14.1 Å². The van der Waals surface area contributed by atoms with Gasteiger partial charge in [0.15, 0.2) is 0 Å². The summed E-state index contributed by atoms with van der Waals surface area (Å²) in [5.74, 6) is 0. The van der Waals surface area contributed by atoms with E-state index in [1.807, 2.05) is 26.2 Å². The first-order chi connectivity index (χ1) is 8.70. The van der Waals surface area contributed by atoms with Crippen molar-refractivity contribution in [1.29, 1.82) is 5.26 Å². The Bertz CT molecular complexity index is 562. The van der Waals surface area contributed by atoms with Crippen molar-refractivity contribution in [2.75, 3.05) is 19.0 Å². The van der Waals surface area contributed by atoms with Crippen molar-refractivity contribution in [3.8, 4) is 17.2 Å². The molecule has 2 aromatic carbocycles. The molecule has 0 fully saturated rings. The molecule has 0 aliphatic rings. The Kier molecular flexibility index (Phi) is 3.64. The van der Waals surface area contributed by atoms with Crippen molar-refractivity contribution in [1.82, 2.24) is 0 Å². The molecule has 2 nitrogen and oxygen atoms in total. The molecular formula is C16H16N2. The molecule has 0 aliphatic carbocycles. The summed E-state index contributed by atoms with van der Waals surface area (Å²) in [5, 5.41) is 8.72. The van der Waals surface area contributed by atoms with Crippen LogP contribution in [0, 0.1) is 11.3 Å². The molecule has 0 aromatic heterocycles. The normalized spacial score (nSPS) is 9.83. The molecule has 0 unspecified atom stereocenters. The molecule has 0 atom stereocenters. The highest BCUT2D eigenvalue weighted by Crippen LogP contribution is 2.23.